The maximum atomic E-state index is 14.1. The highest BCUT2D eigenvalue weighted by atomic mass is 19.1. The highest BCUT2D eigenvalue weighted by Crippen LogP contribution is 2.48. The summed E-state index contributed by atoms with van der Waals surface area (Å²) in [5, 5.41) is 0. The Morgan fingerprint density at radius 3 is 2.59 bits per heavy atom. The van der Waals surface area contributed by atoms with Gasteiger partial charge >= 0.3 is 0 Å². The maximum Gasteiger partial charge on any atom is 0.129 e. The summed E-state index contributed by atoms with van der Waals surface area (Å²) in [6.07, 6.45) is 2.89. The van der Waals surface area contributed by atoms with Crippen molar-refractivity contribution in [3.05, 3.63) is 0 Å². The first-order valence-electron chi connectivity index (χ1n) is 7.08. The summed E-state index contributed by atoms with van der Waals surface area (Å²) in [6, 6.07) is 0. The van der Waals surface area contributed by atoms with Crippen molar-refractivity contribution < 1.29 is 13.5 Å². The van der Waals surface area contributed by atoms with E-state index >= 15 is 0 Å². The number of alkyl halides is 2. The minimum atomic E-state index is -0.838. The van der Waals surface area contributed by atoms with Crippen molar-refractivity contribution in [2.45, 2.75) is 57.5 Å². The van der Waals surface area contributed by atoms with Gasteiger partial charge in [0.05, 0.1) is 12.7 Å². The lowest BCUT2D eigenvalue weighted by Gasteiger charge is -2.50. The summed E-state index contributed by atoms with van der Waals surface area (Å²) in [4.78, 5) is 0. The highest BCUT2D eigenvalue weighted by molar-refractivity contribution is 4.98. The van der Waals surface area contributed by atoms with Crippen LogP contribution in [0.25, 0.3) is 0 Å². The van der Waals surface area contributed by atoms with Crippen molar-refractivity contribution in [3.8, 4) is 0 Å². The molecule has 3 heteroatoms. The van der Waals surface area contributed by atoms with E-state index in [1.165, 1.54) is 0 Å². The Balaban J connectivity index is 1.78. The average Bonchev–Trinajstić information content (AvgIpc) is 2.34. The van der Waals surface area contributed by atoms with Crippen molar-refractivity contribution in [1.29, 1.82) is 0 Å². The second-order valence-corrected chi connectivity index (χ2v) is 6.24. The smallest absolute Gasteiger partial charge is 0.129 e. The topological polar surface area (TPSA) is 9.23 Å². The molecule has 1 nitrogen and oxygen atoms in total. The third-order valence-electron chi connectivity index (χ3n) is 5.30. The fraction of sp³-hybridized carbons (Fsp3) is 1.00. The number of rotatable bonds is 0. The van der Waals surface area contributed by atoms with E-state index in [0.717, 1.165) is 25.7 Å². The Labute approximate surface area is 102 Å². The molecule has 1 saturated heterocycles. The third-order valence-corrected chi connectivity index (χ3v) is 5.30. The highest BCUT2D eigenvalue weighted by Gasteiger charge is 2.50. The molecule has 0 bridgehead atoms. The minimum Gasteiger partial charge on any atom is -0.374 e. The summed E-state index contributed by atoms with van der Waals surface area (Å²) in [5.41, 5.74) is 0. The summed E-state index contributed by atoms with van der Waals surface area (Å²) in [7, 11) is 0. The maximum absolute atomic E-state index is 14.1. The molecule has 0 aromatic rings. The van der Waals surface area contributed by atoms with Crippen LogP contribution in [0.2, 0.25) is 0 Å². The van der Waals surface area contributed by atoms with E-state index in [2.05, 4.69) is 0 Å². The predicted octanol–water partition coefficient (Wildman–Crippen LogP) is 3.52. The van der Waals surface area contributed by atoms with E-state index in [9.17, 15) is 8.78 Å². The van der Waals surface area contributed by atoms with Crippen LogP contribution in [0.15, 0.2) is 0 Å². The van der Waals surface area contributed by atoms with E-state index in [0.29, 0.717) is 18.9 Å². The summed E-state index contributed by atoms with van der Waals surface area (Å²) >= 11 is 0. The Morgan fingerprint density at radius 1 is 0.941 bits per heavy atom. The quantitative estimate of drug-likeness (QED) is 0.633. The molecule has 0 radical (unpaired) electrons. The number of halogens is 2. The molecule has 2 saturated carbocycles. The van der Waals surface area contributed by atoms with Crippen LogP contribution in [0.5, 0.6) is 0 Å². The first-order chi connectivity index (χ1) is 8.18. The molecule has 0 N–H and O–H groups in total. The molecular weight excluding hydrogens is 222 g/mol. The lowest BCUT2D eigenvalue weighted by Crippen LogP contribution is -2.54. The number of fused-ring (bicyclic) bond motifs is 3. The van der Waals surface area contributed by atoms with Gasteiger partial charge in [-0.15, -0.1) is 0 Å². The van der Waals surface area contributed by atoms with Crippen LogP contribution in [-0.4, -0.2) is 25.1 Å². The van der Waals surface area contributed by atoms with Gasteiger partial charge in [0.2, 0.25) is 0 Å². The van der Waals surface area contributed by atoms with Crippen molar-refractivity contribution in [2.75, 3.05) is 6.61 Å². The van der Waals surface area contributed by atoms with Gasteiger partial charge in [0.15, 0.2) is 0 Å². The van der Waals surface area contributed by atoms with Crippen LogP contribution in [0.4, 0.5) is 8.78 Å². The van der Waals surface area contributed by atoms with E-state index in [1.807, 2.05) is 6.92 Å². The van der Waals surface area contributed by atoms with Crippen molar-refractivity contribution in [3.63, 3.8) is 0 Å². The SMILES string of the molecule is CC1CCC2C3CCCC(F)C3COC2C1F. The molecule has 0 aromatic carbocycles. The Morgan fingerprint density at radius 2 is 1.76 bits per heavy atom. The standard InChI is InChI=1S/C14H22F2O/c1-8-5-6-10-9-3-2-4-12(15)11(9)7-17-14(10)13(8)16/h8-14H,2-7H2,1H3. The zero-order valence-corrected chi connectivity index (χ0v) is 10.4. The second kappa shape index (κ2) is 4.49. The number of ether oxygens (including phenoxy) is 1. The molecule has 17 heavy (non-hydrogen) atoms. The van der Waals surface area contributed by atoms with E-state index < -0.39 is 12.3 Å². The summed E-state index contributed by atoms with van der Waals surface area (Å²) in [6.45, 7) is 2.41. The molecule has 1 heterocycles. The lowest BCUT2D eigenvalue weighted by atomic mass is 9.63. The van der Waals surface area contributed by atoms with Crippen LogP contribution in [0.3, 0.4) is 0 Å². The Bertz CT molecular complexity index is 283. The normalized spacial score (nSPS) is 54.9. The molecule has 3 fully saturated rings. The first kappa shape index (κ1) is 11.9. The number of hydrogen-bond acceptors (Lipinski definition) is 1. The average molecular weight is 244 g/mol. The van der Waals surface area contributed by atoms with Crippen molar-refractivity contribution in [2.24, 2.45) is 23.7 Å². The Kier molecular flexibility index (Phi) is 3.14. The zero-order valence-electron chi connectivity index (χ0n) is 10.4. The van der Waals surface area contributed by atoms with Crippen LogP contribution < -0.4 is 0 Å². The van der Waals surface area contributed by atoms with Crippen LogP contribution >= 0.6 is 0 Å². The molecule has 3 rings (SSSR count). The summed E-state index contributed by atoms with van der Waals surface area (Å²) < 4.78 is 33.7. The van der Waals surface area contributed by atoms with Crippen LogP contribution in [-0.2, 0) is 4.74 Å². The van der Waals surface area contributed by atoms with Gasteiger partial charge in [0.1, 0.15) is 12.3 Å². The van der Waals surface area contributed by atoms with Gasteiger partial charge in [-0.25, -0.2) is 8.78 Å². The molecule has 98 valence electrons. The fourth-order valence-corrected chi connectivity index (χ4v) is 4.24. The third kappa shape index (κ3) is 1.91. The van der Waals surface area contributed by atoms with Gasteiger partial charge in [0, 0.05) is 5.92 Å². The van der Waals surface area contributed by atoms with E-state index in [4.69, 9.17) is 4.74 Å². The van der Waals surface area contributed by atoms with Gasteiger partial charge in [-0.3, -0.25) is 0 Å². The molecule has 0 amide bonds. The predicted molar refractivity (Wildman–Crippen MR) is 62.3 cm³/mol. The minimum absolute atomic E-state index is 0.0469. The van der Waals surface area contributed by atoms with Gasteiger partial charge in [-0.2, -0.15) is 0 Å². The Hall–Kier alpha value is -0.180. The van der Waals surface area contributed by atoms with Crippen LogP contribution in [0.1, 0.15) is 39.0 Å². The van der Waals surface area contributed by atoms with Crippen molar-refractivity contribution >= 4 is 0 Å². The molecule has 3 aliphatic rings. The summed E-state index contributed by atoms with van der Waals surface area (Å²) in [5.74, 6) is 0.810. The molecule has 0 aromatic heterocycles. The lowest BCUT2D eigenvalue weighted by molar-refractivity contribution is -0.171. The monoisotopic (exact) mass is 244 g/mol. The molecule has 1 aliphatic heterocycles. The first-order valence-corrected chi connectivity index (χ1v) is 7.08. The molecular formula is C14H22F2O. The van der Waals surface area contributed by atoms with E-state index in [-0.39, 0.29) is 23.9 Å². The fourth-order valence-electron chi connectivity index (χ4n) is 4.24. The van der Waals surface area contributed by atoms with Gasteiger partial charge in [-0.05, 0) is 43.4 Å². The largest absolute Gasteiger partial charge is 0.374 e. The van der Waals surface area contributed by atoms with Gasteiger partial charge in [0.25, 0.3) is 0 Å². The molecule has 7 unspecified atom stereocenters. The molecule has 0 spiro atoms. The number of hydrogen-bond donors (Lipinski definition) is 0. The van der Waals surface area contributed by atoms with Crippen molar-refractivity contribution in [1.82, 2.24) is 0 Å². The molecule has 2 aliphatic carbocycles. The molecule has 7 atom stereocenters. The zero-order chi connectivity index (χ0) is 12.0. The van der Waals surface area contributed by atoms with Crippen LogP contribution in [0, 0.1) is 23.7 Å². The van der Waals surface area contributed by atoms with Gasteiger partial charge in [-0.1, -0.05) is 13.3 Å². The van der Waals surface area contributed by atoms with Gasteiger partial charge < -0.3 is 4.74 Å². The van der Waals surface area contributed by atoms with E-state index in [1.54, 1.807) is 0 Å². The second-order valence-electron chi connectivity index (χ2n) is 6.24.